The summed E-state index contributed by atoms with van der Waals surface area (Å²) in [5, 5.41) is 16.6. The third-order valence-corrected chi connectivity index (χ3v) is 6.64. The van der Waals surface area contributed by atoms with Crippen molar-refractivity contribution in [3.05, 3.63) is 64.6 Å². The van der Waals surface area contributed by atoms with E-state index < -0.39 is 5.60 Å². The average Bonchev–Trinajstić information content (AvgIpc) is 3.22. The molecule has 0 atom stereocenters. The van der Waals surface area contributed by atoms with Gasteiger partial charge < -0.3 is 14.7 Å². The number of rotatable bonds is 6. The van der Waals surface area contributed by atoms with Crippen LogP contribution >= 0.6 is 23.2 Å². The summed E-state index contributed by atoms with van der Waals surface area (Å²) in [6, 6.07) is 17.3. The number of fused-ring (bicyclic) bond motifs is 1. The van der Waals surface area contributed by atoms with Crippen molar-refractivity contribution in [3.8, 4) is 28.3 Å². The van der Waals surface area contributed by atoms with Crippen LogP contribution in [0.15, 0.2) is 54.6 Å². The van der Waals surface area contributed by atoms with Crippen molar-refractivity contribution in [3.63, 3.8) is 0 Å². The van der Waals surface area contributed by atoms with Gasteiger partial charge in [-0.05, 0) is 56.9 Å². The third-order valence-electron chi connectivity index (χ3n) is 6.06. The summed E-state index contributed by atoms with van der Waals surface area (Å²) < 4.78 is 7.88. The Morgan fingerprint density at radius 2 is 1.71 bits per heavy atom. The maximum absolute atomic E-state index is 10.2. The van der Waals surface area contributed by atoms with Crippen LogP contribution in [-0.2, 0) is 0 Å². The molecule has 4 aromatic rings. The van der Waals surface area contributed by atoms with E-state index in [-0.39, 0.29) is 6.61 Å². The highest BCUT2D eigenvalue weighted by Crippen LogP contribution is 2.40. The number of halogens is 2. The Bertz CT molecular complexity index is 1340. The SMILES string of the molecule is CC(C)(O)COc1cc(N2CCCCC2)n2nc(-c3ccccc3Cl)c(-c3ccc(Cl)cc3)c2n1. The molecule has 3 heterocycles. The van der Waals surface area contributed by atoms with Crippen LogP contribution in [0, 0.1) is 0 Å². The molecule has 1 saturated heterocycles. The predicted molar refractivity (Wildman–Crippen MR) is 142 cm³/mol. The summed E-state index contributed by atoms with van der Waals surface area (Å²) in [6.45, 7) is 5.41. The smallest absolute Gasteiger partial charge is 0.219 e. The van der Waals surface area contributed by atoms with E-state index in [0.29, 0.717) is 21.6 Å². The van der Waals surface area contributed by atoms with E-state index in [0.717, 1.165) is 54.1 Å². The number of aromatic nitrogens is 3. The number of hydrogen-bond donors (Lipinski definition) is 1. The molecule has 0 saturated carbocycles. The van der Waals surface area contributed by atoms with E-state index in [2.05, 4.69) is 4.90 Å². The number of nitrogens with zero attached hydrogens (tertiary/aromatic N) is 4. The Morgan fingerprint density at radius 3 is 2.40 bits per heavy atom. The Labute approximate surface area is 215 Å². The van der Waals surface area contributed by atoms with Gasteiger partial charge in [-0.25, -0.2) is 0 Å². The number of ether oxygens (including phenoxy) is 1. The molecule has 8 heteroatoms. The van der Waals surface area contributed by atoms with Gasteiger partial charge in [0.05, 0.1) is 16.2 Å². The topological polar surface area (TPSA) is 62.9 Å². The summed E-state index contributed by atoms with van der Waals surface area (Å²) in [4.78, 5) is 7.20. The third kappa shape index (κ3) is 5.10. The first kappa shape index (κ1) is 23.9. The molecule has 0 bridgehead atoms. The van der Waals surface area contributed by atoms with E-state index in [4.69, 9.17) is 38.0 Å². The summed E-state index contributed by atoms with van der Waals surface area (Å²) in [6.07, 6.45) is 3.45. The van der Waals surface area contributed by atoms with Gasteiger partial charge >= 0.3 is 0 Å². The van der Waals surface area contributed by atoms with E-state index >= 15 is 0 Å². The summed E-state index contributed by atoms with van der Waals surface area (Å²) in [5.74, 6) is 1.36. The molecule has 1 aliphatic rings. The van der Waals surface area contributed by atoms with Crippen LogP contribution in [0.1, 0.15) is 33.1 Å². The molecule has 0 unspecified atom stereocenters. The Balaban J connectivity index is 1.78. The minimum absolute atomic E-state index is 0.122. The number of piperidine rings is 1. The lowest BCUT2D eigenvalue weighted by Crippen LogP contribution is -2.32. The summed E-state index contributed by atoms with van der Waals surface area (Å²) in [5.41, 5.74) is 3.02. The molecule has 0 amide bonds. The molecule has 1 aliphatic heterocycles. The molecule has 2 aromatic carbocycles. The van der Waals surface area contributed by atoms with Crippen molar-refractivity contribution in [2.24, 2.45) is 0 Å². The van der Waals surface area contributed by atoms with Gasteiger partial charge in [-0.2, -0.15) is 14.6 Å². The molecule has 5 rings (SSSR count). The van der Waals surface area contributed by atoms with Crippen LogP contribution in [0.2, 0.25) is 10.0 Å². The maximum atomic E-state index is 10.2. The first-order valence-electron chi connectivity index (χ1n) is 11.8. The lowest BCUT2D eigenvalue weighted by Gasteiger charge is -2.29. The average molecular weight is 511 g/mol. The minimum atomic E-state index is -0.985. The van der Waals surface area contributed by atoms with Crippen LogP contribution in [0.3, 0.4) is 0 Å². The minimum Gasteiger partial charge on any atom is -0.474 e. The molecule has 0 radical (unpaired) electrons. The fraction of sp³-hybridized carbons (Fsp3) is 0.333. The lowest BCUT2D eigenvalue weighted by atomic mass is 10.0. The Morgan fingerprint density at radius 1 is 1.00 bits per heavy atom. The number of hydrogen-bond acceptors (Lipinski definition) is 5. The second kappa shape index (κ2) is 9.69. The van der Waals surface area contributed by atoms with Gasteiger partial charge in [0, 0.05) is 29.7 Å². The van der Waals surface area contributed by atoms with E-state index in [1.165, 1.54) is 6.42 Å². The van der Waals surface area contributed by atoms with E-state index in [9.17, 15) is 5.11 Å². The highest BCUT2D eigenvalue weighted by molar-refractivity contribution is 6.33. The van der Waals surface area contributed by atoms with Crippen LogP contribution in [-0.4, -0.2) is 45.0 Å². The van der Waals surface area contributed by atoms with Crippen molar-refractivity contribution >= 4 is 34.7 Å². The normalized spacial score (nSPS) is 14.5. The molecule has 1 fully saturated rings. The quantitative estimate of drug-likeness (QED) is 0.320. The monoisotopic (exact) mass is 510 g/mol. The molecule has 35 heavy (non-hydrogen) atoms. The Hall–Kier alpha value is -2.80. The molecule has 0 spiro atoms. The van der Waals surface area contributed by atoms with Gasteiger partial charge in [-0.1, -0.05) is 53.5 Å². The van der Waals surface area contributed by atoms with Crippen molar-refractivity contribution in [1.82, 2.24) is 14.6 Å². The first-order chi connectivity index (χ1) is 16.8. The van der Waals surface area contributed by atoms with Crippen molar-refractivity contribution in [2.75, 3.05) is 24.6 Å². The number of benzene rings is 2. The Kier molecular flexibility index (Phi) is 6.62. The summed E-state index contributed by atoms with van der Waals surface area (Å²) in [7, 11) is 0. The van der Waals surface area contributed by atoms with E-state index in [1.807, 2.05) is 59.1 Å². The fourth-order valence-electron chi connectivity index (χ4n) is 4.38. The van der Waals surface area contributed by atoms with Gasteiger partial charge in [-0.15, -0.1) is 0 Å². The second-order valence-electron chi connectivity index (χ2n) is 9.55. The van der Waals surface area contributed by atoms with Gasteiger partial charge in [0.15, 0.2) is 5.65 Å². The highest BCUT2D eigenvalue weighted by Gasteiger charge is 2.25. The molecule has 182 valence electrons. The lowest BCUT2D eigenvalue weighted by molar-refractivity contribution is 0.0269. The van der Waals surface area contributed by atoms with Crippen LogP contribution in [0.25, 0.3) is 28.0 Å². The molecule has 2 aromatic heterocycles. The van der Waals surface area contributed by atoms with Crippen molar-refractivity contribution in [2.45, 2.75) is 38.7 Å². The van der Waals surface area contributed by atoms with Crippen molar-refractivity contribution < 1.29 is 9.84 Å². The molecule has 0 aliphatic carbocycles. The standard InChI is InChI=1S/C27H28Cl2N4O2/c1-27(2,34)17-35-22-16-23(32-14-6-3-7-15-32)33-26(30-22)24(18-10-12-19(28)13-11-18)25(31-33)20-8-4-5-9-21(20)29/h4-5,8-13,16,34H,3,6-7,14-15,17H2,1-2H3. The largest absolute Gasteiger partial charge is 0.474 e. The zero-order valence-corrected chi connectivity index (χ0v) is 21.4. The van der Waals surface area contributed by atoms with Crippen molar-refractivity contribution in [1.29, 1.82) is 0 Å². The molecular formula is C27H28Cl2N4O2. The second-order valence-corrected chi connectivity index (χ2v) is 10.4. The van der Waals surface area contributed by atoms with Gasteiger partial charge in [0.25, 0.3) is 0 Å². The van der Waals surface area contributed by atoms with Crippen LogP contribution < -0.4 is 9.64 Å². The zero-order valence-electron chi connectivity index (χ0n) is 19.8. The maximum Gasteiger partial charge on any atom is 0.219 e. The fourth-order valence-corrected chi connectivity index (χ4v) is 4.73. The van der Waals surface area contributed by atoms with E-state index in [1.54, 1.807) is 13.8 Å². The number of aliphatic hydroxyl groups is 1. The predicted octanol–water partition coefficient (Wildman–Crippen LogP) is 6.51. The van der Waals surface area contributed by atoms with Crippen LogP contribution in [0.5, 0.6) is 5.88 Å². The number of anilines is 1. The highest BCUT2D eigenvalue weighted by atomic mass is 35.5. The first-order valence-corrected chi connectivity index (χ1v) is 12.6. The van der Waals surface area contributed by atoms with Gasteiger partial charge in [-0.3, -0.25) is 0 Å². The van der Waals surface area contributed by atoms with Gasteiger partial charge in [0.2, 0.25) is 5.88 Å². The zero-order chi connectivity index (χ0) is 24.6. The summed E-state index contributed by atoms with van der Waals surface area (Å²) >= 11 is 12.8. The van der Waals surface area contributed by atoms with Crippen LogP contribution in [0.4, 0.5) is 5.82 Å². The molecular weight excluding hydrogens is 483 g/mol. The molecule has 6 nitrogen and oxygen atoms in total. The molecule has 1 N–H and O–H groups in total. The van der Waals surface area contributed by atoms with Gasteiger partial charge in [0.1, 0.15) is 18.1 Å².